The van der Waals surface area contributed by atoms with E-state index in [-0.39, 0.29) is 30.7 Å². The molecule has 4 rings (SSSR count). The van der Waals surface area contributed by atoms with Gasteiger partial charge in [0.25, 0.3) is 0 Å². The highest BCUT2D eigenvalue weighted by molar-refractivity contribution is 5.85. The number of imidazole rings is 1. The minimum atomic E-state index is 0. The van der Waals surface area contributed by atoms with Crippen LogP contribution in [0.15, 0.2) is 36.7 Å². The minimum Gasteiger partial charge on any atom is -0.356 e. The zero-order valence-electron chi connectivity index (χ0n) is 14.9. The van der Waals surface area contributed by atoms with Crippen LogP contribution in [0.2, 0.25) is 0 Å². The second-order valence-corrected chi connectivity index (χ2v) is 6.31. The number of carbonyl (C=O) groups is 1. The van der Waals surface area contributed by atoms with Crippen molar-refractivity contribution < 1.29 is 4.79 Å². The number of amides is 1. The van der Waals surface area contributed by atoms with Gasteiger partial charge in [-0.05, 0) is 18.2 Å². The number of aromatic nitrogens is 4. The van der Waals surface area contributed by atoms with Gasteiger partial charge in [-0.3, -0.25) is 9.48 Å². The molecule has 0 aliphatic carbocycles. The maximum atomic E-state index is 12.1. The second-order valence-electron chi connectivity index (χ2n) is 6.31. The van der Waals surface area contributed by atoms with Gasteiger partial charge in [0, 0.05) is 57.0 Å². The first-order valence-electron chi connectivity index (χ1n) is 8.73. The number of rotatable bonds is 6. The highest BCUT2D eigenvalue weighted by Crippen LogP contribution is 2.10. The monoisotopic (exact) mass is 410 g/mol. The first kappa shape index (κ1) is 21.2. The van der Waals surface area contributed by atoms with Crippen LogP contribution in [-0.2, 0) is 30.7 Å². The van der Waals surface area contributed by atoms with E-state index in [1.807, 2.05) is 35.3 Å². The van der Waals surface area contributed by atoms with Gasteiger partial charge in [-0.1, -0.05) is 6.07 Å². The third kappa shape index (κ3) is 5.00. The van der Waals surface area contributed by atoms with E-state index in [9.17, 15) is 4.79 Å². The van der Waals surface area contributed by atoms with Gasteiger partial charge in [-0.15, -0.1) is 24.8 Å². The average molecular weight is 411 g/mol. The van der Waals surface area contributed by atoms with E-state index in [1.165, 1.54) is 5.69 Å². The summed E-state index contributed by atoms with van der Waals surface area (Å²) in [6, 6.07) is 8.02. The topological polar surface area (TPSA) is 76.2 Å². The molecule has 3 aromatic rings. The Morgan fingerprint density at radius 2 is 2.15 bits per heavy atom. The lowest BCUT2D eigenvalue weighted by molar-refractivity contribution is -0.121. The Morgan fingerprint density at radius 3 is 3.00 bits per heavy atom. The van der Waals surface area contributed by atoms with E-state index in [4.69, 9.17) is 0 Å². The maximum absolute atomic E-state index is 12.1. The molecule has 0 unspecified atom stereocenters. The molecule has 2 N–H and O–H groups in total. The Hall–Kier alpha value is -2.09. The molecular formula is C18H24Cl2N6O. The molecule has 27 heavy (non-hydrogen) atoms. The van der Waals surface area contributed by atoms with Crippen LogP contribution >= 0.6 is 24.8 Å². The number of fused-ring (bicyclic) bond motifs is 2. The molecule has 0 radical (unpaired) electrons. The van der Waals surface area contributed by atoms with Crippen molar-refractivity contribution in [3.05, 3.63) is 53.7 Å². The summed E-state index contributed by atoms with van der Waals surface area (Å²) in [7, 11) is 0. The van der Waals surface area contributed by atoms with Gasteiger partial charge in [0.1, 0.15) is 5.65 Å². The van der Waals surface area contributed by atoms with Crippen molar-refractivity contribution in [2.75, 3.05) is 13.1 Å². The number of hydrogen-bond donors (Lipinski definition) is 2. The molecule has 1 aliphatic heterocycles. The fraction of sp³-hybridized carbons (Fsp3) is 0.389. The summed E-state index contributed by atoms with van der Waals surface area (Å²) in [6.45, 7) is 3.34. The predicted molar refractivity (Wildman–Crippen MR) is 109 cm³/mol. The predicted octanol–water partition coefficient (Wildman–Crippen LogP) is 1.77. The number of aryl methyl sites for hydroxylation is 1. The van der Waals surface area contributed by atoms with Crippen LogP contribution in [0, 0.1) is 0 Å². The zero-order valence-corrected chi connectivity index (χ0v) is 16.6. The Morgan fingerprint density at radius 1 is 1.26 bits per heavy atom. The number of carbonyl (C=O) groups excluding carboxylic acids is 1. The summed E-state index contributed by atoms with van der Waals surface area (Å²) in [5.74, 6) is 0.0675. The highest BCUT2D eigenvalue weighted by Gasteiger charge is 2.12. The lowest BCUT2D eigenvalue weighted by atomic mass is 10.2. The first-order chi connectivity index (χ1) is 12.3. The molecule has 0 aromatic carbocycles. The van der Waals surface area contributed by atoms with Crippen molar-refractivity contribution in [1.82, 2.24) is 29.8 Å². The number of pyridine rings is 1. The van der Waals surface area contributed by atoms with E-state index in [0.717, 1.165) is 43.1 Å². The summed E-state index contributed by atoms with van der Waals surface area (Å²) in [5.41, 5.74) is 4.23. The molecule has 0 saturated carbocycles. The molecule has 4 heterocycles. The second kappa shape index (κ2) is 9.73. The standard InChI is InChI=1S/C18H22N6O.2ClH/c25-18(5-4-14-11-16-12-19-8-10-24(16)22-14)20-7-6-15-13-21-17-3-1-2-9-23(15)17;;/h1-3,9,11,13,19H,4-8,10,12H2,(H,20,25);2*1H. The van der Waals surface area contributed by atoms with Crippen LogP contribution in [0.25, 0.3) is 5.65 Å². The van der Waals surface area contributed by atoms with E-state index in [2.05, 4.69) is 31.2 Å². The van der Waals surface area contributed by atoms with Crippen molar-refractivity contribution in [2.45, 2.75) is 32.4 Å². The molecule has 0 fully saturated rings. The van der Waals surface area contributed by atoms with Crippen molar-refractivity contribution in [2.24, 2.45) is 0 Å². The van der Waals surface area contributed by atoms with Gasteiger partial charge in [-0.2, -0.15) is 5.10 Å². The van der Waals surface area contributed by atoms with E-state index < -0.39 is 0 Å². The van der Waals surface area contributed by atoms with Gasteiger partial charge in [0.05, 0.1) is 17.9 Å². The summed E-state index contributed by atoms with van der Waals surface area (Å²) >= 11 is 0. The van der Waals surface area contributed by atoms with Crippen molar-refractivity contribution in [1.29, 1.82) is 0 Å². The maximum Gasteiger partial charge on any atom is 0.220 e. The Kier molecular flexibility index (Phi) is 7.65. The third-order valence-corrected chi connectivity index (χ3v) is 4.53. The molecule has 146 valence electrons. The highest BCUT2D eigenvalue weighted by atomic mass is 35.5. The van der Waals surface area contributed by atoms with Crippen molar-refractivity contribution in [3.63, 3.8) is 0 Å². The van der Waals surface area contributed by atoms with Crippen LogP contribution in [0.3, 0.4) is 0 Å². The van der Waals surface area contributed by atoms with E-state index in [1.54, 1.807) is 0 Å². The SMILES string of the molecule is Cl.Cl.O=C(CCc1cc2n(n1)CCNC2)NCCc1cnc2ccccn12. The molecule has 7 nitrogen and oxygen atoms in total. The fourth-order valence-electron chi connectivity index (χ4n) is 3.20. The number of nitrogens with zero attached hydrogens (tertiary/aromatic N) is 4. The molecule has 0 atom stereocenters. The lowest BCUT2D eigenvalue weighted by Crippen LogP contribution is -2.28. The molecule has 3 aromatic heterocycles. The minimum absolute atomic E-state index is 0. The molecule has 0 bridgehead atoms. The van der Waals surface area contributed by atoms with Crippen molar-refractivity contribution in [3.8, 4) is 0 Å². The summed E-state index contributed by atoms with van der Waals surface area (Å²) < 4.78 is 4.09. The Balaban J connectivity index is 0.00000131. The van der Waals surface area contributed by atoms with Crippen LogP contribution in [0.4, 0.5) is 0 Å². The van der Waals surface area contributed by atoms with Gasteiger partial charge < -0.3 is 15.0 Å². The number of nitrogens with one attached hydrogen (secondary N) is 2. The van der Waals surface area contributed by atoms with Gasteiger partial charge in [0.15, 0.2) is 0 Å². The molecule has 1 aliphatic rings. The van der Waals surface area contributed by atoms with Gasteiger partial charge in [0.2, 0.25) is 5.91 Å². The average Bonchev–Trinajstić information content (AvgIpc) is 3.24. The first-order valence-corrected chi connectivity index (χ1v) is 8.73. The van der Waals surface area contributed by atoms with Crippen LogP contribution in [-0.4, -0.2) is 38.2 Å². The van der Waals surface area contributed by atoms with Crippen LogP contribution in [0.5, 0.6) is 0 Å². The molecular weight excluding hydrogens is 387 g/mol. The molecule has 0 saturated heterocycles. The normalized spacial score (nSPS) is 12.7. The fourth-order valence-corrected chi connectivity index (χ4v) is 3.20. The summed E-state index contributed by atoms with van der Waals surface area (Å²) in [5, 5.41) is 10.9. The van der Waals surface area contributed by atoms with Crippen LogP contribution in [0.1, 0.15) is 23.5 Å². The Labute approximate surface area is 170 Å². The lowest BCUT2D eigenvalue weighted by Gasteiger charge is -2.13. The molecule has 1 amide bonds. The van der Waals surface area contributed by atoms with Crippen LogP contribution < -0.4 is 10.6 Å². The third-order valence-electron chi connectivity index (χ3n) is 4.53. The van der Waals surface area contributed by atoms with Gasteiger partial charge >= 0.3 is 0 Å². The zero-order chi connectivity index (χ0) is 17.1. The smallest absolute Gasteiger partial charge is 0.220 e. The van der Waals surface area contributed by atoms with E-state index in [0.29, 0.717) is 19.4 Å². The number of hydrogen-bond acceptors (Lipinski definition) is 4. The summed E-state index contributed by atoms with van der Waals surface area (Å²) in [6.07, 6.45) is 5.78. The molecule has 0 spiro atoms. The Bertz CT molecular complexity index is 867. The van der Waals surface area contributed by atoms with Gasteiger partial charge in [-0.25, -0.2) is 4.98 Å². The summed E-state index contributed by atoms with van der Waals surface area (Å²) in [4.78, 5) is 16.4. The number of halogens is 2. The largest absolute Gasteiger partial charge is 0.356 e. The van der Waals surface area contributed by atoms with Crippen molar-refractivity contribution >= 4 is 36.4 Å². The quantitative estimate of drug-likeness (QED) is 0.648. The molecule has 9 heteroatoms. The van der Waals surface area contributed by atoms with E-state index >= 15 is 0 Å².